The fraction of sp³-hybridized carbons (Fsp3) is 0.240. The van der Waals surface area contributed by atoms with E-state index in [9.17, 15) is 9.90 Å². The molecule has 0 radical (unpaired) electrons. The highest BCUT2D eigenvalue weighted by atomic mass is 32.1. The number of carbonyl (C=O) groups is 1. The lowest BCUT2D eigenvalue weighted by Crippen LogP contribution is -2.08. The number of rotatable bonds is 8. The Morgan fingerprint density at radius 2 is 1.91 bits per heavy atom. The molecule has 0 saturated heterocycles. The van der Waals surface area contributed by atoms with Crippen LogP contribution in [0.25, 0.3) is 16.3 Å². The van der Waals surface area contributed by atoms with Crippen molar-refractivity contribution in [3.8, 4) is 27.9 Å². The van der Waals surface area contributed by atoms with Crippen molar-refractivity contribution in [1.29, 1.82) is 0 Å². The Balaban J connectivity index is 1.96. The topological polar surface area (TPSA) is 98.5 Å². The fourth-order valence-electron chi connectivity index (χ4n) is 3.77. The van der Waals surface area contributed by atoms with Crippen LogP contribution in [0.2, 0.25) is 0 Å². The van der Waals surface area contributed by atoms with Gasteiger partial charge in [0.2, 0.25) is 5.88 Å². The number of carboxylic acid groups (broad SMARTS) is 1. The average molecular weight is 479 g/mol. The summed E-state index contributed by atoms with van der Waals surface area (Å²) in [7, 11) is 3.11. The Morgan fingerprint density at radius 1 is 1.15 bits per heavy atom. The molecule has 0 amide bonds. The highest BCUT2D eigenvalue weighted by Crippen LogP contribution is 2.41. The van der Waals surface area contributed by atoms with E-state index in [4.69, 9.17) is 19.6 Å². The van der Waals surface area contributed by atoms with E-state index in [0.29, 0.717) is 23.1 Å². The van der Waals surface area contributed by atoms with Gasteiger partial charge in [-0.3, -0.25) is 0 Å². The molecule has 8 nitrogen and oxygen atoms in total. The molecule has 0 saturated carbocycles. The highest BCUT2D eigenvalue weighted by Gasteiger charge is 2.25. The molecule has 0 spiro atoms. The zero-order valence-corrected chi connectivity index (χ0v) is 20.5. The lowest BCUT2D eigenvalue weighted by atomic mass is 10.1. The summed E-state index contributed by atoms with van der Waals surface area (Å²) in [5, 5.41) is 18.8. The van der Waals surface area contributed by atoms with E-state index in [1.807, 2.05) is 38.1 Å². The van der Waals surface area contributed by atoms with Gasteiger partial charge >= 0.3 is 5.97 Å². The maximum absolute atomic E-state index is 12.0. The Bertz CT molecular complexity index is 1340. The number of nitrogens with zero attached hydrogens (tertiary/aromatic N) is 3. The number of thiazole rings is 1. The number of hydrogen-bond acceptors (Lipinski definition) is 7. The Morgan fingerprint density at radius 3 is 2.53 bits per heavy atom. The van der Waals surface area contributed by atoms with Gasteiger partial charge in [-0.15, -0.1) is 11.3 Å². The first kappa shape index (κ1) is 23.3. The number of aromatic nitrogens is 3. The summed E-state index contributed by atoms with van der Waals surface area (Å²) in [6.07, 6.45) is 0.788. The van der Waals surface area contributed by atoms with E-state index in [0.717, 1.165) is 38.8 Å². The standard InChI is InChI=1S/C25H26N4O4S/c1-6-20-23(33-5)27-24(34-20)21-15(3)28-29(19-10-8-7-9-14(19)2)22(21)26-18-12-11-16(32-4)13-17(18)25(30)31/h7-13,26H,6H2,1-5H3,(H,30,31). The predicted molar refractivity (Wildman–Crippen MR) is 133 cm³/mol. The summed E-state index contributed by atoms with van der Waals surface area (Å²) in [4.78, 5) is 17.8. The second kappa shape index (κ2) is 9.56. The van der Waals surface area contributed by atoms with Crippen molar-refractivity contribution in [3.05, 3.63) is 64.2 Å². The number of para-hydroxylation sites is 1. The van der Waals surface area contributed by atoms with Gasteiger partial charge in [-0.1, -0.05) is 25.1 Å². The second-order valence-electron chi connectivity index (χ2n) is 7.65. The number of nitrogens with one attached hydrogen (secondary N) is 1. The monoisotopic (exact) mass is 478 g/mol. The Labute approximate surface area is 201 Å². The molecule has 0 atom stereocenters. The first-order valence-corrected chi connectivity index (χ1v) is 11.6. The molecule has 2 N–H and O–H groups in total. The van der Waals surface area contributed by atoms with Gasteiger partial charge in [0, 0.05) is 0 Å². The molecule has 34 heavy (non-hydrogen) atoms. The van der Waals surface area contributed by atoms with Crippen LogP contribution in [0.15, 0.2) is 42.5 Å². The average Bonchev–Trinajstić information content (AvgIpc) is 3.39. The number of carboxylic acids is 1. The van der Waals surface area contributed by atoms with Gasteiger partial charge in [0.25, 0.3) is 0 Å². The van der Waals surface area contributed by atoms with Crippen LogP contribution in [0.5, 0.6) is 11.6 Å². The second-order valence-corrected chi connectivity index (χ2v) is 8.74. The smallest absolute Gasteiger partial charge is 0.337 e. The Hall–Kier alpha value is -3.85. The van der Waals surface area contributed by atoms with Gasteiger partial charge in [-0.25, -0.2) is 14.5 Å². The molecule has 4 rings (SSSR count). The van der Waals surface area contributed by atoms with Crippen molar-refractivity contribution in [2.75, 3.05) is 19.5 Å². The van der Waals surface area contributed by atoms with Gasteiger partial charge in [0.1, 0.15) is 16.6 Å². The molecule has 2 aromatic heterocycles. The van der Waals surface area contributed by atoms with Crippen LogP contribution >= 0.6 is 11.3 Å². The van der Waals surface area contributed by atoms with Crippen LogP contribution < -0.4 is 14.8 Å². The minimum atomic E-state index is -1.06. The molecule has 2 heterocycles. The van der Waals surface area contributed by atoms with Crippen molar-refractivity contribution in [1.82, 2.24) is 14.8 Å². The van der Waals surface area contributed by atoms with Crippen LogP contribution in [0.3, 0.4) is 0 Å². The highest BCUT2D eigenvalue weighted by molar-refractivity contribution is 7.15. The van der Waals surface area contributed by atoms with Gasteiger partial charge in [-0.05, 0) is 50.1 Å². The number of ether oxygens (including phenoxy) is 2. The molecule has 2 aromatic carbocycles. The molecule has 0 bridgehead atoms. The first-order chi connectivity index (χ1) is 16.4. The number of aromatic carboxylic acids is 1. The Kier molecular flexibility index (Phi) is 6.56. The molecule has 0 aliphatic carbocycles. The largest absolute Gasteiger partial charge is 0.497 e. The van der Waals surface area contributed by atoms with Gasteiger partial charge in [-0.2, -0.15) is 5.10 Å². The molecule has 0 aliphatic rings. The maximum atomic E-state index is 12.0. The van der Waals surface area contributed by atoms with E-state index >= 15 is 0 Å². The molecule has 0 unspecified atom stereocenters. The van der Waals surface area contributed by atoms with Crippen molar-refractivity contribution in [3.63, 3.8) is 0 Å². The van der Waals surface area contributed by atoms with E-state index in [2.05, 4.69) is 12.2 Å². The normalized spacial score (nSPS) is 10.9. The summed E-state index contributed by atoms with van der Waals surface area (Å²) in [6.45, 7) is 5.98. The molecule has 4 aromatic rings. The lowest BCUT2D eigenvalue weighted by Gasteiger charge is -2.15. The predicted octanol–water partition coefficient (Wildman–Crippen LogP) is 5.63. The van der Waals surface area contributed by atoms with Crippen molar-refractivity contribution in [2.24, 2.45) is 0 Å². The van der Waals surface area contributed by atoms with Crippen molar-refractivity contribution < 1.29 is 19.4 Å². The third kappa shape index (κ3) is 4.22. The molecular weight excluding hydrogens is 452 g/mol. The molecule has 0 aliphatic heterocycles. The van der Waals surface area contributed by atoms with Crippen LogP contribution in [-0.2, 0) is 6.42 Å². The third-order valence-corrected chi connectivity index (χ3v) is 6.70. The zero-order valence-electron chi connectivity index (χ0n) is 19.7. The van der Waals surface area contributed by atoms with Crippen molar-refractivity contribution in [2.45, 2.75) is 27.2 Å². The van der Waals surface area contributed by atoms with E-state index in [-0.39, 0.29) is 5.56 Å². The minimum Gasteiger partial charge on any atom is -0.497 e. The molecule has 0 fully saturated rings. The fourth-order valence-corrected chi connectivity index (χ4v) is 4.83. The summed E-state index contributed by atoms with van der Waals surface area (Å²) in [5.41, 5.74) is 3.96. The molecule has 176 valence electrons. The molecule has 9 heteroatoms. The lowest BCUT2D eigenvalue weighted by molar-refractivity contribution is 0.0697. The number of aryl methyl sites for hydroxylation is 3. The quantitative estimate of drug-likeness (QED) is 0.338. The third-order valence-electron chi connectivity index (χ3n) is 5.50. The SMILES string of the molecule is CCc1sc(-c2c(C)nn(-c3ccccc3C)c2Nc2ccc(OC)cc2C(=O)O)nc1OC. The number of benzene rings is 2. The zero-order chi connectivity index (χ0) is 24.4. The number of methoxy groups -OCH3 is 2. The summed E-state index contributed by atoms with van der Waals surface area (Å²) in [5.74, 6) is 0.612. The first-order valence-electron chi connectivity index (χ1n) is 10.8. The van der Waals surface area contributed by atoms with Gasteiger partial charge in [0.15, 0.2) is 0 Å². The molecular formula is C25H26N4O4S. The van der Waals surface area contributed by atoms with Gasteiger partial charge in [0.05, 0.1) is 47.3 Å². The van der Waals surface area contributed by atoms with E-state index in [1.165, 1.54) is 24.5 Å². The van der Waals surface area contributed by atoms with Crippen molar-refractivity contribution >= 4 is 28.8 Å². The number of anilines is 2. The van der Waals surface area contributed by atoms with Crippen LogP contribution in [0.1, 0.15) is 33.4 Å². The summed E-state index contributed by atoms with van der Waals surface area (Å²) >= 11 is 1.54. The minimum absolute atomic E-state index is 0.0893. The summed E-state index contributed by atoms with van der Waals surface area (Å²) < 4.78 is 12.5. The van der Waals surface area contributed by atoms with Gasteiger partial charge < -0.3 is 19.9 Å². The van der Waals surface area contributed by atoms with Crippen LogP contribution in [0.4, 0.5) is 11.5 Å². The van der Waals surface area contributed by atoms with Crippen LogP contribution in [-0.4, -0.2) is 40.1 Å². The van der Waals surface area contributed by atoms with Crippen LogP contribution in [0, 0.1) is 13.8 Å². The number of hydrogen-bond donors (Lipinski definition) is 2. The summed E-state index contributed by atoms with van der Waals surface area (Å²) in [6, 6.07) is 12.8. The van der Waals surface area contributed by atoms with E-state index < -0.39 is 5.97 Å². The maximum Gasteiger partial charge on any atom is 0.337 e. The van der Waals surface area contributed by atoms with E-state index in [1.54, 1.807) is 23.9 Å².